The van der Waals surface area contributed by atoms with Gasteiger partial charge in [0.2, 0.25) is 5.91 Å². The number of hydrogen-bond donors (Lipinski definition) is 0. The summed E-state index contributed by atoms with van der Waals surface area (Å²) in [6, 6.07) is 0. The van der Waals surface area contributed by atoms with Crippen molar-refractivity contribution in [3.8, 4) is 0 Å². The Kier molecular flexibility index (Phi) is 8.05. The number of nitrogens with zero attached hydrogens (tertiary/aromatic N) is 2. The van der Waals surface area contributed by atoms with Crippen molar-refractivity contribution in [1.29, 1.82) is 0 Å². The highest BCUT2D eigenvalue weighted by atomic mass is 16.5. The van der Waals surface area contributed by atoms with Crippen molar-refractivity contribution in [2.75, 3.05) is 19.7 Å². The summed E-state index contributed by atoms with van der Waals surface area (Å²) in [5.74, 6) is -0.0926. The van der Waals surface area contributed by atoms with E-state index < -0.39 is 5.97 Å². The molecular weight excluding hydrogens is 368 g/mol. The quantitative estimate of drug-likeness (QED) is 0.458. The molecule has 2 rings (SSSR count). The molecule has 0 saturated heterocycles. The van der Waals surface area contributed by atoms with Gasteiger partial charge in [-0.25, -0.2) is 4.79 Å². The largest absolute Gasteiger partial charge is 0.461 e. The second-order valence-electron chi connectivity index (χ2n) is 8.42. The molecule has 1 aromatic heterocycles. The molecule has 0 aliphatic heterocycles. The van der Waals surface area contributed by atoms with Crippen molar-refractivity contribution < 1.29 is 19.1 Å². The maximum atomic E-state index is 13.3. The maximum Gasteiger partial charge on any atom is 0.355 e. The van der Waals surface area contributed by atoms with Crippen LogP contribution in [0.2, 0.25) is 0 Å². The fraction of sp³-hybridized carbons (Fsp3) is 0.696. The van der Waals surface area contributed by atoms with E-state index in [4.69, 9.17) is 4.74 Å². The summed E-state index contributed by atoms with van der Waals surface area (Å²) in [5, 5.41) is 0. The Morgan fingerprint density at radius 2 is 1.76 bits per heavy atom. The average Bonchev–Trinajstić information content (AvgIpc) is 3.26. The number of rotatable bonds is 9. The van der Waals surface area contributed by atoms with Crippen LogP contribution >= 0.6 is 0 Å². The van der Waals surface area contributed by atoms with Crippen molar-refractivity contribution >= 4 is 17.7 Å². The van der Waals surface area contributed by atoms with Gasteiger partial charge in [0.05, 0.1) is 13.2 Å². The minimum absolute atomic E-state index is 0.0408. The van der Waals surface area contributed by atoms with E-state index in [1.165, 1.54) is 0 Å². The normalized spacial score (nSPS) is 14.4. The number of amides is 1. The summed E-state index contributed by atoms with van der Waals surface area (Å²) < 4.78 is 7.04. The number of carbonyl (C=O) groups excluding carboxylic acids is 3. The Morgan fingerprint density at radius 1 is 1.14 bits per heavy atom. The number of ether oxygens (including phenoxy) is 1. The Hall–Kier alpha value is -2.11. The van der Waals surface area contributed by atoms with Crippen molar-refractivity contribution in [3.63, 3.8) is 0 Å². The Labute approximate surface area is 174 Å². The molecule has 0 unspecified atom stereocenters. The number of ketones is 1. The van der Waals surface area contributed by atoms with Gasteiger partial charge in [0.25, 0.3) is 0 Å². The van der Waals surface area contributed by atoms with Gasteiger partial charge in [0, 0.05) is 30.3 Å². The smallest absolute Gasteiger partial charge is 0.355 e. The third kappa shape index (κ3) is 5.09. The van der Waals surface area contributed by atoms with Crippen LogP contribution in [0.4, 0.5) is 0 Å². The highest BCUT2D eigenvalue weighted by Crippen LogP contribution is 2.28. The van der Waals surface area contributed by atoms with Crippen LogP contribution in [0.5, 0.6) is 0 Å². The summed E-state index contributed by atoms with van der Waals surface area (Å²) in [7, 11) is 0. The van der Waals surface area contributed by atoms with Crippen LogP contribution in [0.1, 0.15) is 85.5 Å². The van der Waals surface area contributed by atoms with Gasteiger partial charge in [-0.15, -0.1) is 0 Å². The predicted molar refractivity (Wildman–Crippen MR) is 113 cm³/mol. The first-order valence-electron chi connectivity index (χ1n) is 10.9. The van der Waals surface area contributed by atoms with Gasteiger partial charge < -0.3 is 14.2 Å². The van der Waals surface area contributed by atoms with Crippen LogP contribution in [-0.4, -0.2) is 46.8 Å². The second-order valence-corrected chi connectivity index (χ2v) is 8.42. The van der Waals surface area contributed by atoms with Crippen molar-refractivity contribution in [2.45, 2.75) is 73.8 Å². The van der Waals surface area contributed by atoms with Crippen molar-refractivity contribution in [1.82, 2.24) is 9.47 Å². The van der Waals surface area contributed by atoms with Crippen LogP contribution in [0.25, 0.3) is 0 Å². The van der Waals surface area contributed by atoms with E-state index in [-0.39, 0.29) is 36.7 Å². The third-order valence-corrected chi connectivity index (χ3v) is 5.77. The molecule has 0 spiro atoms. The van der Waals surface area contributed by atoms with E-state index in [0.717, 1.165) is 31.4 Å². The molecule has 29 heavy (non-hydrogen) atoms. The molecule has 0 N–H and O–H groups in total. The van der Waals surface area contributed by atoms with Gasteiger partial charge in [-0.3, -0.25) is 9.59 Å². The van der Waals surface area contributed by atoms with Gasteiger partial charge in [0.1, 0.15) is 5.69 Å². The summed E-state index contributed by atoms with van der Waals surface area (Å²) in [4.78, 5) is 40.5. The van der Waals surface area contributed by atoms with E-state index >= 15 is 0 Å². The molecule has 6 nitrogen and oxygen atoms in total. The van der Waals surface area contributed by atoms with Crippen LogP contribution in [-0.2, 0) is 16.1 Å². The zero-order chi connectivity index (χ0) is 21.7. The molecule has 0 radical (unpaired) electrons. The Balaban J connectivity index is 2.33. The van der Waals surface area contributed by atoms with Crippen LogP contribution in [0.15, 0.2) is 0 Å². The third-order valence-electron chi connectivity index (χ3n) is 5.77. The van der Waals surface area contributed by atoms with Crippen LogP contribution < -0.4 is 0 Å². The highest BCUT2D eigenvalue weighted by molar-refractivity contribution is 6.04. The Morgan fingerprint density at radius 3 is 2.28 bits per heavy atom. The number of hydrogen-bond acceptors (Lipinski definition) is 4. The molecular formula is C23H36N2O4. The molecule has 1 fully saturated rings. The van der Waals surface area contributed by atoms with Crippen molar-refractivity contribution in [2.24, 2.45) is 11.8 Å². The van der Waals surface area contributed by atoms with E-state index in [2.05, 4.69) is 13.8 Å². The van der Waals surface area contributed by atoms with Crippen LogP contribution in [0.3, 0.4) is 0 Å². The van der Waals surface area contributed by atoms with E-state index in [1.54, 1.807) is 18.7 Å². The first-order chi connectivity index (χ1) is 13.7. The lowest BCUT2D eigenvalue weighted by Gasteiger charge is -2.27. The van der Waals surface area contributed by atoms with Gasteiger partial charge in [0.15, 0.2) is 5.78 Å². The molecule has 162 valence electrons. The first kappa shape index (κ1) is 23.2. The van der Waals surface area contributed by atoms with E-state index in [9.17, 15) is 14.4 Å². The van der Waals surface area contributed by atoms with Crippen molar-refractivity contribution in [3.05, 3.63) is 22.5 Å². The summed E-state index contributed by atoms with van der Waals surface area (Å²) in [6.07, 6.45) is 4.00. The monoisotopic (exact) mass is 404 g/mol. The van der Waals surface area contributed by atoms with Gasteiger partial charge in [-0.05, 0) is 52.0 Å². The topological polar surface area (TPSA) is 68.6 Å². The molecule has 0 atom stereocenters. The lowest BCUT2D eigenvalue weighted by Crippen LogP contribution is -2.41. The minimum atomic E-state index is -0.407. The number of carbonyl (C=O) groups is 3. The molecule has 6 heteroatoms. The molecule has 1 aromatic rings. The Bertz CT molecular complexity index is 757. The molecule has 1 aliphatic rings. The molecule has 0 bridgehead atoms. The SMILES string of the molecule is CCOC(=O)c1c(C)c(C(=O)CN(CC(C)C)C(=O)C2CCCC2)c(C)n1CC. The average molecular weight is 405 g/mol. The zero-order valence-corrected chi connectivity index (χ0v) is 18.8. The summed E-state index contributed by atoms with van der Waals surface area (Å²) >= 11 is 0. The number of aromatic nitrogens is 1. The number of Topliss-reactive ketones (excluding diaryl/α,β-unsaturated/α-hetero) is 1. The van der Waals surface area contributed by atoms with Gasteiger partial charge in [-0.2, -0.15) is 0 Å². The lowest BCUT2D eigenvalue weighted by molar-refractivity contribution is -0.135. The van der Waals surface area contributed by atoms with E-state index in [0.29, 0.717) is 29.9 Å². The maximum absolute atomic E-state index is 13.3. The van der Waals surface area contributed by atoms with Gasteiger partial charge in [-0.1, -0.05) is 26.7 Å². The molecule has 0 aromatic carbocycles. The fourth-order valence-corrected chi connectivity index (χ4v) is 4.52. The summed E-state index contributed by atoms with van der Waals surface area (Å²) in [5.41, 5.74) is 2.39. The highest BCUT2D eigenvalue weighted by Gasteiger charge is 2.31. The minimum Gasteiger partial charge on any atom is -0.461 e. The molecule has 1 aliphatic carbocycles. The van der Waals surface area contributed by atoms with Crippen LogP contribution in [0, 0.1) is 25.7 Å². The standard InChI is InChI=1S/C23H36N2O4/c1-7-25-17(6)20(16(5)21(25)23(28)29-8-2)19(26)14-24(13-15(3)4)22(27)18-11-9-10-12-18/h15,18H,7-14H2,1-6H3. The van der Waals surface area contributed by atoms with Gasteiger partial charge >= 0.3 is 5.97 Å². The number of esters is 1. The lowest BCUT2D eigenvalue weighted by atomic mass is 10.0. The summed E-state index contributed by atoms with van der Waals surface area (Å²) in [6.45, 7) is 13.0. The zero-order valence-electron chi connectivity index (χ0n) is 18.8. The van der Waals surface area contributed by atoms with E-state index in [1.807, 2.05) is 18.4 Å². The molecule has 1 heterocycles. The first-order valence-corrected chi connectivity index (χ1v) is 10.9. The second kappa shape index (κ2) is 10.1. The fourth-order valence-electron chi connectivity index (χ4n) is 4.52. The molecule has 1 amide bonds. The predicted octanol–water partition coefficient (Wildman–Crippen LogP) is 4.16. The molecule has 1 saturated carbocycles.